The SMILES string of the molecule is CC(C=Cc1ccc(Cc2ccc(F)cc2)s1)N(O)C(N)=O. The molecule has 116 valence electrons. The lowest BCUT2D eigenvalue weighted by Crippen LogP contribution is -2.38. The summed E-state index contributed by atoms with van der Waals surface area (Å²) in [5.74, 6) is -0.240. The third-order valence-corrected chi connectivity index (χ3v) is 4.18. The van der Waals surface area contributed by atoms with Gasteiger partial charge >= 0.3 is 6.03 Å². The minimum Gasteiger partial charge on any atom is -0.350 e. The van der Waals surface area contributed by atoms with E-state index in [4.69, 9.17) is 5.73 Å². The number of carbonyl (C=O) groups is 1. The second-order valence-electron chi connectivity index (χ2n) is 4.89. The molecule has 0 aliphatic rings. The van der Waals surface area contributed by atoms with Crippen LogP contribution in [0.25, 0.3) is 6.08 Å². The van der Waals surface area contributed by atoms with Crippen molar-refractivity contribution in [3.8, 4) is 0 Å². The van der Waals surface area contributed by atoms with E-state index < -0.39 is 12.1 Å². The minimum atomic E-state index is -0.889. The summed E-state index contributed by atoms with van der Waals surface area (Å²) < 4.78 is 12.9. The van der Waals surface area contributed by atoms with Crippen LogP contribution in [0.5, 0.6) is 0 Å². The van der Waals surface area contributed by atoms with E-state index >= 15 is 0 Å². The molecule has 6 heteroatoms. The van der Waals surface area contributed by atoms with Crippen molar-refractivity contribution in [1.29, 1.82) is 0 Å². The lowest BCUT2D eigenvalue weighted by atomic mass is 10.1. The van der Waals surface area contributed by atoms with Crippen LogP contribution in [0.1, 0.15) is 22.2 Å². The quantitative estimate of drug-likeness (QED) is 0.652. The molecule has 2 aromatic rings. The van der Waals surface area contributed by atoms with Gasteiger partial charge in [-0.05, 0) is 42.8 Å². The van der Waals surface area contributed by atoms with Crippen molar-refractivity contribution in [2.24, 2.45) is 5.73 Å². The fourth-order valence-electron chi connectivity index (χ4n) is 1.90. The Labute approximate surface area is 132 Å². The topological polar surface area (TPSA) is 66.6 Å². The molecule has 4 nitrogen and oxygen atoms in total. The molecule has 1 unspecified atom stereocenters. The van der Waals surface area contributed by atoms with Crippen LogP contribution < -0.4 is 5.73 Å². The van der Waals surface area contributed by atoms with Crippen molar-refractivity contribution in [2.75, 3.05) is 0 Å². The zero-order valence-electron chi connectivity index (χ0n) is 12.1. The highest BCUT2D eigenvalue weighted by Crippen LogP contribution is 2.21. The number of hydroxylamine groups is 2. The van der Waals surface area contributed by atoms with Crippen molar-refractivity contribution >= 4 is 23.4 Å². The van der Waals surface area contributed by atoms with Crippen molar-refractivity contribution in [2.45, 2.75) is 19.4 Å². The Morgan fingerprint density at radius 1 is 1.36 bits per heavy atom. The van der Waals surface area contributed by atoms with E-state index in [1.807, 2.05) is 18.2 Å². The predicted octanol–water partition coefficient (Wildman–Crippen LogP) is 3.65. The number of halogens is 1. The molecule has 1 aromatic carbocycles. The Morgan fingerprint density at radius 3 is 2.68 bits per heavy atom. The Hall–Kier alpha value is -2.18. The first-order valence-corrected chi connectivity index (χ1v) is 7.56. The van der Waals surface area contributed by atoms with Crippen LogP contribution in [-0.2, 0) is 6.42 Å². The standard InChI is InChI=1S/C16H17FN2O2S/c1-11(19(21)16(18)20)2-7-14-8-9-15(22-14)10-12-3-5-13(17)6-4-12/h2-9,11,21H,10H2,1H3,(H2,18,20). The van der Waals surface area contributed by atoms with Crippen molar-refractivity contribution in [1.82, 2.24) is 5.06 Å². The molecule has 0 fully saturated rings. The third kappa shape index (κ3) is 4.41. The van der Waals surface area contributed by atoms with Gasteiger partial charge in [-0.3, -0.25) is 5.21 Å². The Morgan fingerprint density at radius 2 is 2.05 bits per heavy atom. The molecule has 1 atom stereocenters. The molecule has 1 aromatic heterocycles. The summed E-state index contributed by atoms with van der Waals surface area (Å²) in [6.45, 7) is 1.66. The maximum atomic E-state index is 12.9. The number of carbonyl (C=O) groups excluding carboxylic acids is 1. The Balaban J connectivity index is 1.99. The first kappa shape index (κ1) is 16.2. The fraction of sp³-hybridized carbons (Fsp3) is 0.188. The van der Waals surface area contributed by atoms with Gasteiger partial charge in [-0.2, -0.15) is 5.06 Å². The Kier molecular flexibility index (Phi) is 5.30. The molecule has 0 spiro atoms. The van der Waals surface area contributed by atoms with Gasteiger partial charge in [0.25, 0.3) is 0 Å². The van der Waals surface area contributed by atoms with Gasteiger partial charge in [0.05, 0.1) is 6.04 Å². The minimum absolute atomic E-state index is 0.240. The number of rotatable bonds is 5. The highest BCUT2D eigenvalue weighted by molar-refractivity contribution is 7.12. The van der Waals surface area contributed by atoms with E-state index in [9.17, 15) is 14.4 Å². The van der Waals surface area contributed by atoms with E-state index in [1.165, 1.54) is 12.1 Å². The number of amides is 2. The number of hydrogen-bond acceptors (Lipinski definition) is 3. The number of nitrogens with zero attached hydrogens (tertiary/aromatic N) is 1. The summed E-state index contributed by atoms with van der Waals surface area (Å²) >= 11 is 1.60. The van der Waals surface area contributed by atoms with Crippen LogP contribution in [0.2, 0.25) is 0 Å². The summed E-state index contributed by atoms with van der Waals surface area (Å²) in [5, 5.41) is 9.85. The van der Waals surface area contributed by atoms with Crippen LogP contribution in [0.4, 0.5) is 9.18 Å². The molecule has 0 bridgehead atoms. The molecule has 1 heterocycles. The lowest BCUT2D eigenvalue weighted by molar-refractivity contribution is -0.0560. The maximum absolute atomic E-state index is 12.9. The van der Waals surface area contributed by atoms with Crippen molar-refractivity contribution < 1.29 is 14.4 Å². The highest BCUT2D eigenvalue weighted by Gasteiger charge is 2.11. The van der Waals surface area contributed by atoms with Crippen LogP contribution >= 0.6 is 11.3 Å². The third-order valence-electron chi connectivity index (χ3n) is 3.12. The predicted molar refractivity (Wildman–Crippen MR) is 85.2 cm³/mol. The Bertz CT molecular complexity index is 667. The van der Waals surface area contributed by atoms with E-state index in [2.05, 4.69) is 0 Å². The van der Waals surface area contributed by atoms with Crippen LogP contribution in [0.3, 0.4) is 0 Å². The first-order valence-electron chi connectivity index (χ1n) is 6.74. The molecule has 0 aliphatic heterocycles. The maximum Gasteiger partial charge on any atom is 0.339 e. The molecule has 2 amide bonds. The van der Waals surface area contributed by atoms with Crippen molar-refractivity contribution in [3.63, 3.8) is 0 Å². The molecule has 0 aliphatic carbocycles. The van der Waals surface area contributed by atoms with Gasteiger partial charge in [0.2, 0.25) is 0 Å². The molecule has 0 saturated heterocycles. The zero-order chi connectivity index (χ0) is 16.1. The average molecular weight is 320 g/mol. The molecule has 22 heavy (non-hydrogen) atoms. The fourth-order valence-corrected chi connectivity index (χ4v) is 2.86. The molecular weight excluding hydrogens is 303 g/mol. The first-order chi connectivity index (χ1) is 10.5. The second kappa shape index (κ2) is 7.20. The number of hydrogen-bond donors (Lipinski definition) is 2. The van der Waals surface area contributed by atoms with Gasteiger partial charge < -0.3 is 5.73 Å². The zero-order valence-corrected chi connectivity index (χ0v) is 12.9. The highest BCUT2D eigenvalue weighted by atomic mass is 32.1. The van der Waals surface area contributed by atoms with Crippen LogP contribution in [0, 0.1) is 5.82 Å². The van der Waals surface area contributed by atoms with Gasteiger partial charge in [0, 0.05) is 16.2 Å². The van der Waals surface area contributed by atoms with E-state index in [0.29, 0.717) is 5.06 Å². The van der Waals surface area contributed by atoms with E-state index in [-0.39, 0.29) is 5.82 Å². The summed E-state index contributed by atoms with van der Waals surface area (Å²) in [6.07, 6.45) is 4.26. The van der Waals surface area contributed by atoms with Crippen molar-refractivity contribution in [3.05, 3.63) is 63.6 Å². The molecule has 3 N–H and O–H groups in total. The van der Waals surface area contributed by atoms with Gasteiger partial charge in [-0.1, -0.05) is 18.2 Å². The second-order valence-corrected chi connectivity index (χ2v) is 6.09. The summed E-state index contributed by atoms with van der Waals surface area (Å²) in [7, 11) is 0. The number of urea groups is 1. The average Bonchev–Trinajstić information content (AvgIpc) is 2.94. The number of thiophene rings is 1. The lowest BCUT2D eigenvalue weighted by Gasteiger charge is -2.16. The van der Waals surface area contributed by atoms with Gasteiger partial charge in [-0.15, -0.1) is 11.3 Å². The van der Waals surface area contributed by atoms with Gasteiger partial charge in [-0.25, -0.2) is 9.18 Å². The van der Waals surface area contributed by atoms with Gasteiger partial charge in [0.1, 0.15) is 5.82 Å². The van der Waals surface area contributed by atoms with Crippen LogP contribution in [-0.4, -0.2) is 22.3 Å². The van der Waals surface area contributed by atoms with E-state index in [0.717, 1.165) is 21.7 Å². The largest absolute Gasteiger partial charge is 0.350 e. The summed E-state index contributed by atoms with van der Waals surface area (Å²) in [5.41, 5.74) is 6.03. The monoisotopic (exact) mass is 320 g/mol. The molecule has 2 rings (SSSR count). The van der Waals surface area contributed by atoms with Crippen LogP contribution in [0.15, 0.2) is 42.5 Å². The summed E-state index contributed by atoms with van der Waals surface area (Å²) in [6, 6.07) is 9.00. The normalized spacial score (nSPS) is 12.5. The van der Waals surface area contributed by atoms with Gasteiger partial charge in [0.15, 0.2) is 0 Å². The number of benzene rings is 1. The smallest absolute Gasteiger partial charge is 0.339 e. The number of nitrogens with two attached hydrogens (primary N) is 1. The molecule has 0 radical (unpaired) electrons. The molecular formula is C16H17FN2O2S. The molecule has 0 saturated carbocycles. The number of primary amides is 1. The van der Waals surface area contributed by atoms with E-state index in [1.54, 1.807) is 36.5 Å². The summed E-state index contributed by atoms with van der Waals surface area (Å²) in [4.78, 5) is 13.0.